The fourth-order valence-corrected chi connectivity index (χ4v) is 2.92. The fourth-order valence-electron chi connectivity index (χ4n) is 2.36. The Bertz CT molecular complexity index is 451. The molecule has 5 heteroatoms. The van der Waals surface area contributed by atoms with Crippen molar-refractivity contribution in [1.29, 1.82) is 0 Å². The molecule has 0 aliphatic heterocycles. The molecule has 0 aliphatic carbocycles. The summed E-state index contributed by atoms with van der Waals surface area (Å²) in [4.78, 5) is 12.9. The van der Waals surface area contributed by atoms with Crippen LogP contribution in [0.1, 0.15) is 38.8 Å². The van der Waals surface area contributed by atoms with Crippen molar-refractivity contribution >= 4 is 29.2 Å². The van der Waals surface area contributed by atoms with Gasteiger partial charge in [0.05, 0.1) is 6.42 Å². The number of rotatable bonds is 6. The molecule has 2 unspecified atom stereocenters. The zero-order chi connectivity index (χ0) is 14.6. The Balaban J connectivity index is 2.94. The molecule has 0 amide bonds. The summed E-state index contributed by atoms with van der Waals surface area (Å²) in [6.45, 7) is 6.71. The number of carboxylic acids is 1. The summed E-state index contributed by atoms with van der Waals surface area (Å²) in [7, 11) is 0. The lowest BCUT2D eigenvalue weighted by atomic mass is 10.0. The zero-order valence-electron chi connectivity index (χ0n) is 11.4. The summed E-state index contributed by atoms with van der Waals surface area (Å²) in [5.41, 5.74) is 0.963. The van der Waals surface area contributed by atoms with Crippen LogP contribution in [0.3, 0.4) is 0 Å². The molecule has 0 radical (unpaired) electrons. The largest absolute Gasteiger partial charge is 0.481 e. The van der Waals surface area contributed by atoms with E-state index in [1.807, 2.05) is 26.8 Å². The van der Waals surface area contributed by atoms with Crippen LogP contribution < -0.4 is 0 Å². The van der Waals surface area contributed by atoms with E-state index in [0.717, 1.165) is 12.1 Å². The van der Waals surface area contributed by atoms with Gasteiger partial charge in [-0.15, -0.1) is 0 Å². The van der Waals surface area contributed by atoms with Gasteiger partial charge in [0, 0.05) is 22.1 Å². The van der Waals surface area contributed by atoms with E-state index in [-0.39, 0.29) is 18.5 Å². The second-order valence-corrected chi connectivity index (χ2v) is 5.46. The number of carboxylic acid groups (broad SMARTS) is 1. The van der Waals surface area contributed by atoms with Gasteiger partial charge in [0.1, 0.15) is 0 Å². The number of hydrogen-bond acceptors (Lipinski definition) is 2. The first-order valence-corrected chi connectivity index (χ1v) is 7.04. The quantitative estimate of drug-likeness (QED) is 0.854. The summed E-state index contributed by atoms with van der Waals surface area (Å²) in [6, 6.07) is 5.40. The van der Waals surface area contributed by atoms with Crippen LogP contribution in [0.25, 0.3) is 0 Å². The molecule has 1 N–H and O–H groups in total. The normalized spacial score (nSPS) is 14.4. The molecular weight excluding hydrogens is 285 g/mol. The molecule has 106 valence electrons. The van der Waals surface area contributed by atoms with Gasteiger partial charge >= 0.3 is 5.97 Å². The smallest absolute Gasteiger partial charge is 0.304 e. The van der Waals surface area contributed by atoms with Gasteiger partial charge in [-0.2, -0.15) is 0 Å². The Labute approximate surface area is 124 Å². The molecule has 1 aromatic rings. The van der Waals surface area contributed by atoms with Crippen molar-refractivity contribution in [1.82, 2.24) is 4.90 Å². The lowest BCUT2D eigenvalue weighted by molar-refractivity contribution is -0.138. The lowest BCUT2D eigenvalue weighted by Crippen LogP contribution is -2.36. The number of benzene rings is 1. The molecular formula is C14H19Cl2NO2. The minimum Gasteiger partial charge on any atom is -0.481 e. The second-order valence-electron chi connectivity index (χ2n) is 4.62. The molecule has 0 bridgehead atoms. The minimum atomic E-state index is -0.791. The third-order valence-corrected chi connectivity index (χ3v) is 3.87. The maximum atomic E-state index is 10.8. The Morgan fingerprint density at radius 3 is 2.47 bits per heavy atom. The number of carbonyl (C=O) groups is 1. The monoisotopic (exact) mass is 303 g/mol. The van der Waals surface area contributed by atoms with Crippen molar-refractivity contribution in [2.75, 3.05) is 6.54 Å². The van der Waals surface area contributed by atoms with Gasteiger partial charge in [-0.05, 0) is 38.1 Å². The minimum absolute atomic E-state index is 0.0455. The molecule has 1 rings (SSSR count). The number of hydrogen-bond donors (Lipinski definition) is 1. The molecule has 0 saturated heterocycles. The number of nitrogens with zero attached hydrogens (tertiary/aromatic N) is 1. The van der Waals surface area contributed by atoms with E-state index in [0.29, 0.717) is 10.0 Å². The van der Waals surface area contributed by atoms with Gasteiger partial charge in [0.15, 0.2) is 0 Å². The van der Waals surface area contributed by atoms with Crippen molar-refractivity contribution in [2.24, 2.45) is 0 Å². The van der Waals surface area contributed by atoms with E-state index >= 15 is 0 Å². The van der Waals surface area contributed by atoms with E-state index in [1.165, 1.54) is 0 Å². The van der Waals surface area contributed by atoms with E-state index in [1.54, 1.807) is 12.1 Å². The molecule has 3 nitrogen and oxygen atoms in total. The van der Waals surface area contributed by atoms with Crippen LogP contribution in [0.5, 0.6) is 0 Å². The topological polar surface area (TPSA) is 40.5 Å². The standard InChI is InChI=1S/C14H19Cl2NO2/c1-4-17(9(2)7-14(18)19)10(3)12-6-5-11(15)8-13(12)16/h5-6,8-10H,4,7H2,1-3H3,(H,18,19). The van der Waals surface area contributed by atoms with Gasteiger partial charge in [0.25, 0.3) is 0 Å². The molecule has 2 atom stereocenters. The van der Waals surface area contributed by atoms with Crippen molar-refractivity contribution in [2.45, 2.75) is 39.3 Å². The Hall–Kier alpha value is -0.770. The third-order valence-electron chi connectivity index (χ3n) is 3.31. The van der Waals surface area contributed by atoms with Gasteiger partial charge in [-0.25, -0.2) is 0 Å². The number of aliphatic carboxylic acids is 1. The summed E-state index contributed by atoms with van der Waals surface area (Å²) in [5, 5.41) is 10.1. The Morgan fingerprint density at radius 2 is 2.00 bits per heavy atom. The highest BCUT2D eigenvalue weighted by molar-refractivity contribution is 6.35. The van der Waals surface area contributed by atoms with Crippen molar-refractivity contribution in [3.63, 3.8) is 0 Å². The Morgan fingerprint density at radius 1 is 1.37 bits per heavy atom. The summed E-state index contributed by atoms with van der Waals surface area (Å²) in [6.07, 6.45) is 0.114. The Kier molecular flexibility index (Phi) is 6.11. The summed E-state index contributed by atoms with van der Waals surface area (Å²) < 4.78 is 0. The van der Waals surface area contributed by atoms with Crippen molar-refractivity contribution < 1.29 is 9.90 Å². The van der Waals surface area contributed by atoms with Gasteiger partial charge in [0.2, 0.25) is 0 Å². The molecule has 0 aromatic heterocycles. The van der Waals surface area contributed by atoms with E-state index in [4.69, 9.17) is 28.3 Å². The molecule has 19 heavy (non-hydrogen) atoms. The van der Waals surface area contributed by atoms with Crippen LogP contribution in [-0.4, -0.2) is 28.6 Å². The first-order valence-electron chi connectivity index (χ1n) is 6.29. The van der Waals surface area contributed by atoms with E-state index in [9.17, 15) is 4.79 Å². The van der Waals surface area contributed by atoms with Crippen LogP contribution in [0.15, 0.2) is 18.2 Å². The fraction of sp³-hybridized carbons (Fsp3) is 0.500. The molecule has 0 spiro atoms. The second kappa shape index (κ2) is 7.13. The van der Waals surface area contributed by atoms with Gasteiger partial charge in [-0.1, -0.05) is 36.2 Å². The van der Waals surface area contributed by atoms with Crippen molar-refractivity contribution in [3.8, 4) is 0 Å². The molecule has 0 aliphatic rings. The predicted octanol–water partition coefficient (Wildman–Crippen LogP) is 4.24. The first kappa shape index (κ1) is 16.3. The lowest BCUT2D eigenvalue weighted by Gasteiger charge is -2.33. The zero-order valence-corrected chi connectivity index (χ0v) is 12.9. The van der Waals surface area contributed by atoms with Gasteiger partial charge in [-0.3, -0.25) is 9.69 Å². The molecule has 0 fully saturated rings. The maximum Gasteiger partial charge on any atom is 0.304 e. The van der Waals surface area contributed by atoms with Crippen LogP contribution >= 0.6 is 23.2 Å². The SMILES string of the molecule is CCN(C(C)CC(=O)O)C(C)c1ccc(Cl)cc1Cl. The average molecular weight is 304 g/mol. The maximum absolute atomic E-state index is 10.8. The van der Waals surface area contributed by atoms with E-state index in [2.05, 4.69) is 4.90 Å². The average Bonchev–Trinajstić information content (AvgIpc) is 2.28. The van der Waals surface area contributed by atoms with Crippen LogP contribution in [-0.2, 0) is 4.79 Å². The van der Waals surface area contributed by atoms with Crippen LogP contribution in [0.4, 0.5) is 0 Å². The van der Waals surface area contributed by atoms with Crippen LogP contribution in [0, 0.1) is 0 Å². The van der Waals surface area contributed by atoms with Gasteiger partial charge < -0.3 is 5.11 Å². The predicted molar refractivity (Wildman–Crippen MR) is 79.0 cm³/mol. The molecule has 0 heterocycles. The third kappa shape index (κ3) is 4.37. The highest BCUT2D eigenvalue weighted by Gasteiger charge is 2.23. The highest BCUT2D eigenvalue weighted by atomic mass is 35.5. The van der Waals surface area contributed by atoms with Crippen LogP contribution in [0.2, 0.25) is 10.0 Å². The summed E-state index contributed by atoms with van der Waals surface area (Å²) >= 11 is 12.1. The van der Waals surface area contributed by atoms with Crippen molar-refractivity contribution in [3.05, 3.63) is 33.8 Å². The number of halogens is 2. The molecule has 1 aromatic carbocycles. The summed E-state index contributed by atoms with van der Waals surface area (Å²) in [5.74, 6) is -0.791. The molecule has 0 saturated carbocycles. The highest BCUT2D eigenvalue weighted by Crippen LogP contribution is 2.31. The first-order chi connectivity index (χ1) is 8.86. The van der Waals surface area contributed by atoms with E-state index < -0.39 is 5.97 Å².